The zero-order chi connectivity index (χ0) is 13.7. The molecule has 19 heavy (non-hydrogen) atoms. The van der Waals surface area contributed by atoms with Gasteiger partial charge in [0.15, 0.2) is 5.11 Å². The number of ether oxygens (including phenoxy) is 1. The van der Waals surface area contributed by atoms with Crippen LogP contribution in [-0.2, 0) is 11.3 Å². The Morgan fingerprint density at radius 1 is 1.32 bits per heavy atom. The standard InChI is InChI=1S/C14H19N3OS/c1-10-7-12-8-11(3-4-13(12)17-10)9-16-14(19)15-5-6-18-2/h3-4,7-8,17H,5-6,9H2,1-2H3,(H2,15,16,19). The third-order valence-corrected chi connectivity index (χ3v) is 3.15. The van der Waals surface area contributed by atoms with Crippen molar-refractivity contribution in [2.75, 3.05) is 20.3 Å². The number of nitrogens with one attached hydrogen (secondary N) is 3. The number of H-pyrrole nitrogens is 1. The molecule has 0 atom stereocenters. The average molecular weight is 277 g/mol. The van der Waals surface area contributed by atoms with Crippen molar-refractivity contribution in [1.82, 2.24) is 15.6 Å². The molecule has 0 amide bonds. The summed E-state index contributed by atoms with van der Waals surface area (Å²) in [5.74, 6) is 0. The zero-order valence-electron chi connectivity index (χ0n) is 11.2. The van der Waals surface area contributed by atoms with Crippen LogP contribution < -0.4 is 10.6 Å². The van der Waals surface area contributed by atoms with Crippen LogP contribution in [0.15, 0.2) is 24.3 Å². The molecular weight excluding hydrogens is 258 g/mol. The Balaban J connectivity index is 1.88. The SMILES string of the molecule is COCCNC(=S)NCc1ccc2[nH]c(C)cc2c1. The molecule has 0 aliphatic heterocycles. The van der Waals surface area contributed by atoms with Gasteiger partial charge in [0.25, 0.3) is 0 Å². The second kappa shape index (κ2) is 6.54. The summed E-state index contributed by atoms with van der Waals surface area (Å²) in [6.45, 7) is 4.15. The van der Waals surface area contributed by atoms with Crippen molar-refractivity contribution in [1.29, 1.82) is 0 Å². The maximum Gasteiger partial charge on any atom is 0.166 e. The fourth-order valence-electron chi connectivity index (χ4n) is 1.95. The van der Waals surface area contributed by atoms with Crippen LogP contribution >= 0.6 is 12.2 Å². The quantitative estimate of drug-likeness (QED) is 0.578. The highest BCUT2D eigenvalue weighted by Crippen LogP contribution is 2.16. The zero-order valence-corrected chi connectivity index (χ0v) is 12.1. The number of thiocarbonyl (C=S) groups is 1. The first-order chi connectivity index (χ1) is 9.19. The smallest absolute Gasteiger partial charge is 0.166 e. The number of fused-ring (bicyclic) bond motifs is 1. The molecule has 0 saturated carbocycles. The Kier molecular flexibility index (Phi) is 4.76. The molecule has 3 N–H and O–H groups in total. The maximum atomic E-state index is 5.18. The van der Waals surface area contributed by atoms with E-state index in [1.165, 1.54) is 22.2 Å². The van der Waals surface area contributed by atoms with Gasteiger partial charge in [0.1, 0.15) is 0 Å². The van der Waals surface area contributed by atoms with Crippen LogP contribution in [0.3, 0.4) is 0 Å². The minimum atomic E-state index is 0.649. The first kappa shape index (κ1) is 13.8. The summed E-state index contributed by atoms with van der Waals surface area (Å²) in [5.41, 5.74) is 3.56. The molecule has 0 aliphatic carbocycles. The molecule has 1 aromatic carbocycles. The van der Waals surface area contributed by atoms with Gasteiger partial charge >= 0.3 is 0 Å². The lowest BCUT2D eigenvalue weighted by Crippen LogP contribution is -2.36. The van der Waals surface area contributed by atoms with Gasteiger partial charge in [-0.15, -0.1) is 0 Å². The molecule has 0 unspecified atom stereocenters. The summed E-state index contributed by atoms with van der Waals surface area (Å²) in [5, 5.41) is 8.15. The van der Waals surface area contributed by atoms with Crippen LogP contribution in [0, 0.1) is 6.92 Å². The molecule has 1 aromatic heterocycles. The molecule has 4 nitrogen and oxygen atoms in total. The Labute approximate surface area is 118 Å². The van der Waals surface area contributed by atoms with Crippen molar-refractivity contribution in [3.05, 3.63) is 35.5 Å². The largest absolute Gasteiger partial charge is 0.383 e. The van der Waals surface area contributed by atoms with Crippen molar-refractivity contribution < 1.29 is 4.74 Å². The van der Waals surface area contributed by atoms with Gasteiger partial charge in [-0.25, -0.2) is 0 Å². The van der Waals surface area contributed by atoms with Crippen LogP contribution in [0.4, 0.5) is 0 Å². The predicted octanol–water partition coefficient (Wildman–Crippen LogP) is 2.09. The van der Waals surface area contributed by atoms with E-state index in [9.17, 15) is 0 Å². The second-order valence-electron chi connectivity index (χ2n) is 4.48. The molecule has 0 bridgehead atoms. The molecule has 0 aliphatic rings. The van der Waals surface area contributed by atoms with E-state index in [0.717, 1.165) is 13.1 Å². The molecule has 0 spiro atoms. The van der Waals surface area contributed by atoms with E-state index >= 15 is 0 Å². The monoisotopic (exact) mass is 277 g/mol. The lowest BCUT2D eigenvalue weighted by molar-refractivity contribution is 0.204. The van der Waals surface area contributed by atoms with E-state index < -0.39 is 0 Å². The molecule has 0 radical (unpaired) electrons. The summed E-state index contributed by atoms with van der Waals surface area (Å²) < 4.78 is 4.95. The lowest BCUT2D eigenvalue weighted by Gasteiger charge is -2.10. The summed E-state index contributed by atoms with van der Waals surface area (Å²) in [4.78, 5) is 3.31. The van der Waals surface area contributed by atoms with Gasteiger partial charge in [0.05, 0.1) is 6.61 Å². The lowest BCUT2D eigenvalue weighted by atomic mass is 10.1. The molecule has 2 aromatic rings. The fourth-order valence-corrected chi connectivity index (χ4v) is 2.12. The van der Waals surface area contributed by atoms with Gasteiger partial charge in [0, 0.05) is 31.4 Å². The van der Waals surface area contributed by atoms with Gasteiger partial charge in [0.2, 0.25) is 0 Å². The minimum Gasteiger partial charge on any atom is -0.383 e. The van der Waals surface area contributed by atoms with E-state index in [0.29, 0.717) is 11.7 Å². The molecule has 0 saturated heterocycles. The fraction of sp³-hybridized carbons (Fsp3) is 0.357. The van der Waals surface area contributed by atoms with Crippen molar-refractivity contribution in [2.45, 2.75) is 13.5 Å². The first-order valence-corrected chi connectivity index (χ1v) is 6.69. The normalized spacial score (nSPS) is 10.6. The number of aromatic amines is 1. The number of hydrogen-bond donors (Lipinski definition) is 3. The number of rotatable bonds is 5. The molecule has 0 fully saturated rings. The highest BCUT2D eigenvalue weighted by Gasteiger charge is 2.00. The van der Waals surface area contributed by atoms with Gasteiger partial charge in [-0.05, 0) is 48.3 Å². The van der Waals surface area contributed by atoms with Crippen molar-refractivity contribution >= 4 is 28.2 Å². The van der Waals surface area contributed by atoms with Gasteiger partial charge in [-0.2, -0.15) is 0 Å². The number of aryl methyl sites for hydroxylation is 1. The van der Waals surface area contributed by atoms with Gasteiger partial charge < -0.3 is 20.4 Å². The van der Waals surface area contributed by atoms with Gasteiger partial charge in [-0.1, -0.05) is 6.07 Å². The van der Waals surface area contributed by atoms with E-state index in [1.54, 1.807) is 7.11 Å². The Hall–Kier alpha value is -1.59. The minimum absolute atomic E-state index is 0.649. The number of hydrogen-bond acceptors (Lipinski definition) is 2. The average Bonchev–Trinajstić information content (AvgIpc) is 2.76. The topological polar surface area (TPSA) is 49.1 Å². The summed E-state index contributed by atoms with van der Waals surface area (Å²) in [6, 6.07) is 8.52. The Morgan fingerprint density at radius 3 is 2.95 bits per heavy atom. The number of aromatic nitrogens is 1. The van der Waals surface area contributed by atoms with Crippen molar-refractivity contribution in [3.63, 3.8) is 0 Å². The van der Waals surface area contributed by atoms with Crippen molar-refractivity contribution in [3.8, 4) is 0 Å². The van der Waals surface area contributed by atoms with Crippen LogP contribution in [0.5, 0.6) is 0 Å². The predicted molar refractivity (Wildman–Crippen MR) is 82.4 cm³/mol. The highest BCUT2D eigenvalue weighted by molar-refractivity contribution is 7.80. The van der Waals surface area contributed by atoms with Crippen LogP contribution in [0.25, 0.3) is 10.9 Å². The highest BCUT2D eigenvalue weighted by atomic mass is 32.1. The number of benzene rings is 1. The first-order valence-electron chi connectivity index (χ1n) is 6.28. The molecular formula is C14H19N3OS. The third-order valence-electron chi connectivity index (χ3n) is 2.86. The van der Waals surface area contributed by atoms with Crippen LogP contribution in [0.1, 0.15) is 11.3 Å². The van der Waals surface area contributed by atoms with Crippen LogP contribution in [0.2, 0.25) is 0 Å². The molecule has 102 valence electrons. The van der Waals surface area contributed by atoms with E-state index in [2.05, 4.69) is 46.8 Å². The van der Waals surface area contributed by atoms with E-state index in [4.69, 9.17) is 17.0 Å². The molecule has 1 heterocycles. The number of methoxy groups -OCH3 is 1. The molecule has 5 heteroatoms. The van der Waals surface area contributed by atoms with Gasteiger partial charge in [-0.3, -0.25) is 0 Å². The summed E-state index contributed by atoms with van der Waals surface area (Å²) in [7, 11) is 1.67. The second-order valence-corrected chi connectivity index (χ2v) is 4.88. The Morgan fingerprint density at radius 2 is 2.16 bits per heavy atom. The Bertz CT molecular complexity index is 565. The van der Waals surface area contributed by atoms with E-state index in [1.807, 2.05) is 0 Å². The maximum absolute atomic E-state index is 5.18. The summed E-state index contributed by atoms with van der Waals surface area (Å²) in [6.07, 6.45) is 0. The molecule has 2 rings (SSSR count). The summed E-state index contributed by atoms with van der Waals surface area (Å²) >= 11 is 5.18. The van der Waals surface area contributed by atoms with Crippen LogP contribution in [-0.4, -0.2) is 30.4 Å². The van der Waals surface area contributed by atoms with E-state index in [-0.39, 0.29) is 0 Å². The third kappa shape index (κ3) is 3.94. The van der Waals surface area contributed by atoms with Crippen molar-refractivity contribution in [2.24, 2.45) is 0 Å².